The predicted octanol–water partition coefficient (Wildman–Crippen LogP) is 4.79. The molecule has 1 aromatic rings. The van der Waals surface area contributed by atoms with Crippen molar-refractivity contribution in [2.75, 3.05) is 5.73 Å². The van der Waals surface area contributed by atoms with Gasteiger partial charge in [0.1, 0.15) is 11.6 Å². The molecule has 0 radical (unpaired) electrons. The van der Waals surface area contributed by atoms with Crippen molar-refractivity contribution in [1.29, 1.82) is 0 Å². The fourth-order valence-corrected chi connectivity index (χ4v) is 3.74. The molecule has 118 valence electrons. The van der Waals surface area contributed by atoms with Crippen LogP contribution < -0.4 is 5.73 Å². The van der Waals surface area contributed by atoms with Gasteiger partial charge in [0.25, 0.3) is 0 Å². The summed E-state index contributed by atoms with van der Waals surface area (Å²) in [6.45, 7) is 9.12. The second kappa shape index (κ2) is 7.25. The summed E-state index contributed by atoms with van der Waals surface area (Å²) >= 11 is 2.29. The molecule has 1 saturated carbocycles. The SMILES string of the molecule is CC(C)Cc1nc(C2CCC(C(C)C)CC2)nc(N)c1I. The first-order chi connectivity index (χ1) is 9.88. The molecule has 0 aromatic carbocycles. The van der Waals surface area contributed by atoms with Crippen molar-refractivity contribution in [3.8, 4) is 0 Å². The van der Waals surface area contributed by atoms with Gasteiger partial charge in [-0.3, -0.25) is 0 Å². The van der Waals surface area contributed by atoms with Gasteiger partial charge in [0.05, 0.1) is 9.26 Å². The summed E-state index contributed by atoms with van der Waals surface area (Å²) in [7, 11) is 0. The largest absolute Gasteiger partial charge is 0.383 e. The van der Waals surface area contributed by atoms with E-state index < -0.39 is 0 Å². The zero-order chi connectivity index (χ0) is 15.6. The molecule has 0 aliphatic heterocycles. The third-order valence-electron chi connectivity index (χ3n) is 4.64. The van der Waals surface area contributed by atoms with Crippen molar-refractivity contribution in [3.05, 3.63) is 15.1 Å². The van der Waals surface area contributed by atoms with E-state index in [0.717, 1.165) is 33.3 Å². The predicted molar refractivity (Wildman–Crippen MR) is 97.2 cm³/mol. The van der Waals surface area contributed by atoms with Gasteiger partial charge in [0.15, 0.2) is 0 Å². The Bertz CT molecular complexity index is 477. The van der Waals surface area contributed by atoms with Gasteiger partial charge < -0.3 is 5.73 Å². The average Bonchev–Trinajstić information content (AvgIpc) is 2.43. The van der Waals surface area contributed by atoms with E-state index in [1.807, 2.05) is 0 Å². The number of hydrogen-bond donors (Lipinski definition) is 1. The highest BCUT2D eigenvalue weighted by atomic mass is 127. The second-order valence-electron chi connectivity index (χ2n) is 7.18. The van der Waals surface area contributed by atoms with Crippen molar-refractivity contribution >= 4 is 28.4 Å². The van der Waals surface area contributed by atoms with Gasteiger partial charge in [-0.1, -0.05) is 27.7 Å². The molecule has 2 N–H and O–H groups in total. The molecule has 1 fully saturated rings. The van der Waals surface area contributed by atoms with Gasteiger partial charge in [-0.15, -0.1) is 0 Å². The van der Waals surface area contributed by atoms with Crippen molar-refractivity contribution in [3.63, 3.8) is 0 Å². The Hall–Kier alpha value is -0.390. The van der Waals surface area contributed by atoms with Crippen LogP contribution in [0.15, 0.2) is 0 Å². The molecule has 3 nitrogen and oxygen atoms in total. The molecule has 0 saturated heterocycles. The summed E-state index contributed by atoms with van der Waals surface area (Å²) in [5, 5.41) is 0. The Kier molecular flexibility index (Phi) is 5.86. The summed E-state index contributed by atoms with van der Waals surface area (Å²) in [6.07, 6.45) is 6.02. The molecule has 0 bridgehead atoms. The topological polar surface area (TPSA) is 51.8 Å². The number of aromatic nitrogens is 2. The summed E-state index contributed by atoms with van der Waals surface area (Å²) in [4.78, 5) is 9.46. The molecule has 0 atom stereocenters. The Labute approximate surface area is 142 Å². The van der Waals surface area contributed by atoms with Crippen LogP contribution in [-0.2, 0) is 6.42 Å². The summed E-state index contributed by atoms with van der Waals surface area (Å²) in [5.41, 5.74) is 7.26. The number of rotatable bonds is 4. The van der Waals surface area contributed by atoms with Crippen molar-refractivity contribution in [1.82, 2.24) is 9.97 Å². The monoisotopic (exact) mass is 401 g/mol. The van der Waals surface area contributed by atoms with E-state index in [9.17, 15) is 0 Å². The van der Waals surface area contributed by atoms with Crippen LogP contribution in [0.2, 0.25) is 0 Å². The maximum absolute atomic E-state index is 6.12. The molecule has 1 aromatic heterocycles. The molecule has 1 heterocycles. The smallest absolute Gasteiger partial charge is 0.140 e. The lowest BCUT2D eigenvalue weighted by Gasteiger charge is -2.30. The average molecular weight is 401 g/mol. The highest BCUT2D eigenvalue weighted by molar-refractivity contribution is 14.1. The molecule has 1 aliphatic rings. The first kappa shape index (κ1) is 17.0. The third kappa shape index (κ3) is 4.30. The Morgan fingerprint density at radius 2 is 1.71 bits per heavy atom. The first-order valence-electron chi connectivity index (χ1n) is 8.20. The molecule has 0 unspecified atom stereocenters. The van der Waals surface area contributed by atoms with Gasteiger partial charge in [-0.2, -0.15) is 0 Å². The normalized spacial score (nSPS) is 23.0. The van der Waals surface area contributed by atoms with Crippen molar-refractivity contribution < 1.29 is 0 Å². The minimum absolute atomic E-state index is 0.505. The highest BCUT2D eigenvalue weighted by Gasteiger charge is 2.27. The number of anilines is 1. The fourth-order valence-electron chi connectivity index (χ4n) is 3.28. The molecule has 0 amide bonds. The van der Waals surface area contributed by atoms with Crippen LogP contribution in [-0.4, -0.2) is 9.97 Å². The molecule has 21 heavy (non-hydrogen) atoms. The lowest BCUT2D eigenvalue weighted by molar-refractivity contribution is 0.254. The van der Waals surface area contributed by atoms with Crippen molar-refractivity contribution in [2.24, 2.45) is 17.8 Å². The Morgan fingerprint density at radius 1 is 1.10 bits per heavy atom. The summed E-state index contributed by atoms with van der Waals surface area (Å²) in [6, 6.07) is 0. The minimum atomic E-state index is 0.505. The quantitative estimate of drug-likeness (QED) is 0.738. The number of hydrogen-bond acceptors (Lipinski definition) is 3. The number of nitrogens with zero attached hydrogens (tertiary/aromatic N) is 2. The van der Waals surface area contributed by atoms with Gasteiger partial charge in [-0.25, -0.2) is 9.97 Å². The molecule has 0 spiro atoms. The minimum Gasteiger partial charge on any atom is -0.383 e. The molecule has 4 heteroatoms. The molecule has 1 aliphatic carbocycles. The molecular weight excluding hydrogens is 373 g/mol. The summed E-state index contributed by atoms with van der Waals surface area (Å²) in [5.74, 6) is 4.43. The van der Waals surface area contributed by atoms with E-state index >= 15 is 0 Å². The first-order valence-corrected chi connectivity index (χ1v) is 9.28. The van der Waals surface area contributed by atoms with E-state index in [0.29, 0.717) is 17.7 Å². The second-order valence-corrected chi connectivity index (χ2v) is 8.26. The van der Waals surface area contributed by atoms with E-state index in [1.165, 1.54) is 25.7 Å². The zero-order valence-corrected chi connectivity index (χ0v) is 15.9. The van der Waals surface area contributed by atoms with Crippen LogP contribution in [0.4, 0.5) is 5.82 Å². The van der Waals surface area contributed by atoms with E-state index in [4.69, 9.17) is 10.7 Å². The van der Waals surface area contributed by atoms with Gasteiger partial charge in [0.2, 0.25) is 0 Å². The standard InChI is InChI=1S/C17H28IN3/c1-10(2)9-14-15(18)16(19)21-17(20-14)13-7-5-12(6-8-13)11(3)4/h10-13H,5-9H2,1-4H3,(H2,19,20,21). The number of nitrogens with two attached hydrogens (primary N) is 1. The van der Waals surface area contributed by atoms with E-state index in [-0.39, 0.29) is 0 Å². The fraction of sp³-hybridized carbons (Fsp3) is 0.765. The third-order valence-corrected chi connectivity index (χ3v) is 5.82. The van der Waals surface area contributed by atoms with Crippen LogP contribution in [0.5, 0.6) is 0 Å². The van der Waals surface area contributed by atoms with Crippen LogP contribution in [0.25, 0.3) is 0 Å². The number of halogens is 1. The van der Waals surface area contributed by atoms with Crippen LogP contribution in [0, 0.1) is 21.3 Å². The van der Waals surface area contributed by atoms with Gasteiger partial charge in [0, 0.05) is 5.92 Å². The number of nitrogen functional groups attached to an aromatic ring is 1. The lowest BCUT2D eigenvalue weighted by atomic mass is 9.76. The molecule has 2 rings (SSSR count). The maximum atomic E-state index is 6.12. The maximum Gasteiger partial charge on any atom is 0.140 e. The summed E-state index contributed by atoms with van der Waals surface area (Å²) < 4.78 is 1.04. The van der Waals surface area contributed by atoms with Gasteiger partial charge in [-0.05, 0) is 72.4 Å². The highest BCUT2D eigenvalue weighted by Crippen LogP contribution is 2.38. The van der Waals surface area contributed by atoms with E-state index in [2.05, 4.69) is 55.3 Å². The molecular formula is C17H28IN3. The van der Waals surface area contributed by atoms with E-state index in [1.54, 1.807) is 0 Å². The van der Waals surface area contributed by atoms with Crippen molar-refractivity contribution in [2.45, 2.75) is 65.7 Å². The Balaban J connectivity index is 2.15. The van der Waals surface area contributed by atoms with Crippen LogP contribution in [0.3, 0.4) is 0 Å². The van der Waals surface area contributed by atoms with Crippen LogP contribution >= 0.6 is 22.6 Å². The lowest BCUT2D eigenvalue weighted by Crippen LogP contribution is -2.20. The van der Waals surface area contributed by atoms with Crippen LogP contribution in [0.1, 0.15) is 70.8 Å². The Morgan fingerprint density at radius 3 is 2.24 bits per heavy atom. The zero-order valence-electron chi connectivity index (χ0n) is 13.7. The van der Waals surface area contributed by atoms with Gasteiger partial charge >= 0.3 is 0 Å².